The minimum absolute atomic E-state index is 0.0724. The number of aliphatic hydroxyl groups is 1. The molecule has 3 aliphatic rings. The highest BCUT2D eigenvalue weighted by Crippen LogP contribution is 2.56. The Morgan fingerprint density at radius 2 is 2.32 bits per heavy atom. The summed E-state index contributed by atoms with van der Waals surface area (Å²) >= 11 is 0. The average molecular weight is 301 g/mol. The quantitative estimate of drug-likeness (QED) is 0.462. The number of hydrogen-bond donors (Lipinski definition) is 2. The second kappa shape index (κ2) is 4.49. The topological polar surface area (TPSA) is 67.7 Å². The van der Waals surface area contributed by atoms with Crippen molar-refractivity contribution < 1.29 is 19.2 Å². The van der Waals surface area contributed by atoms with Crippen LogP contribution in [-0.4, -0.2) is 48.8 Å². The van der Waals surface area contributed by atoms with E-state index in [4.69, 9.17) is 15.2 Å². The molecule has 3 N–H and O–H groups in total. The second-order valence-corrected chi connectivity index (χ2v) is 6.45. The van der Waals surface area contributed by atoms with Crippen molar-refractivity contribution in [3.63, 3.8) is 0 Å². The molecule has 4 rings (SSSR count). The summed E-state index contributed by atoms with van der Waals surface area (Å²) in [6, 6.07) is 1.83. The van der Waals surface area contributed by atoms with Gasteiger partial charge in [0.2, 0.25) is 0 Å². The summed E-state index contributed by atoms with van der Waals surface area (Å²) < 4.78 is 13.9. The lowest BCUT2D eigenvalue weighted by Crippen LogP contribution is -2.42. The van der Waals surface area contributed by atoms with Gasteiger partial charge in [0.1, 0.15) is 19.7 Å². The Kier molecular flexibility index (Phi) is 2.78. The van der Waals surface area contributed by atoms with E-state index in [0.717, 1.165) is 29.8 Å². The van der Waals surface area contributed by atoms with Gasteiger partial charge in [-0.1, -0.05) is 12.2 Å². The number of nitrogens with zero attached hydrogens (tertiary/aromatic N) is 1. The molecule has 2 heterocycles. The molecule has 0 bridgehead atoms. The number of nitrogen functional groups attached to an aromatic ring is 1. The number of hydrogen-bond acceptors (Lipinski definition) is 4. The van der Waals surface area contributed by atoms with Crippen LogP contribution in [0, 0.1) is 0 Å². The lowest BCUT2D eigenvalue weighted by Gasteiger charge is -2.34. The molecule has 1 spiro atoms. The third kappa shape index (κ3) is 1.66. The van der Waals surface area contributed by atoms with Gasteiger partial charge in [-0.25, -0.2) is 4.58 Å². The first-order valence-electron chi connectivity index (χ1n) is 7.65. The molecule has 0 fully saturated rings. The number of nitrogens with two attached hydrogens (primary N) is 1. The van der Waals surface area contributed by atoms with E-state index < -0.39 is 6.10 Å². The Morgan fingerprint density at radius 1 is 1.50 bits per heavy atom. The van der Waals surface area contributed by atoms with E-state index in [1.165, 1.54) is 0 Å². The number of aliphatic hydroxyl groups excluding tert-OH is 1. The van der Waals surface area contributed by atoms with Crippen LogP contribution in [0.15, 0.2) is 18.2 Å². The molecule has 3 atom stereocenters. The molecule has 0 saturated heterocycles. The minimum atomic E-state index is -0.457. The van der Waals surface area contributed by atoms with Gasteiger partial charge >= 0.3 is 0 Å². The van der Waals surface area contributed by atoms with Gasteiger partial charge in [0, 0.05) is 30.2 Å². The first-order valence-corrected chi connectivity index (χ1v) is 7.65. The fourth-order valence-corrected chi connectivity index (χ4v) is 4.00. The van der Waals surface area contributed by atoms with Gasteiger partial charge in [-0.3, -0.25) is 0 Å². The summed E-state index contributed by atoms with van der Waals surface area (Å²) in [6.07, 6.45) is 7.09. The Bertz CT molecular complexity index is 710. The summed E-state index contributed by atoms with van der Waals surface area (Å²) in [7, 11) is 3.69. The van der Waals surface area contributed by atoms with Crippen LogP contribution in [0.5, 0.6) is 11.5 Å². The van der Waals surface area contributed by atoms with Crippen molar-refractivity contribution in [2.45, 2.75) is 30.5 Å². The highest BCUT2D eigenvalue weighted by molar-refractivity contribution is 5.91. The summed E-state index contributed by atoms with van der Waals surface area (Å²) in [6.45, 7) is 0.913. The Labute approximate surface area is 129 Å². The molecule has 5 nitrogen and oxygen atoms in total. The van der Waals surface area contributed by atoms with Crippen molar-refractivity contribution >= 4 is 11.9 Å². The van der Waals surface area contributed by atoms with Crippen LogP contribution in [0.1, 0.15) is 24.0 Å². The predicted molar refractivity (Wildman–Crippen MR) is 84.1 cm³/mol. The van der Waals surface area contributed by atoms with Gasteiger partial charge in [-0.2, -0.15) is 0 Å². The number of benzene rings is 1. The molecule has 116 valence electrons. The van der Waals surface area contributed by atoms with Gasteiger partial charge in [-0.15, -0.1) is 0 Å². The number of anilines is 1. The first kappa shape index (κ1) is 13.6. The van der Waals surface area contributed by atoms with Crippen LogP contribution in [0.2, 0.25) is 0 Å². The highest BCUT2D eigenvalue weighted by Gasteiger charge is 2.53. The van der Waals surface area contributed by atoms with E-state index in [9.17, 15) is 5.11 Å². The third-order valence-electron chi connectivity index (χ3n) is 5.14. The van der Waals surface area contributed by atoms with E-state index in [-0.39, 0.29) is 11.5 Å². The summed E-state index contributed by atoms with van der Waals surface area (Å²) in [5, 5.41) is 9.99. The van der Waals surface area contributed by atoms with Crippen LogP contribution < -0.4 is 15.2 Å². The van der Waals surface area contributed by atoms with Crippen molar-refractivity contribution in [3.8, 4) is 11.5 Å². The summed E-state index contributed by atoms with van der Waals surface area (Å²) in [5.41, 5.74) is 8.89. The average Bonchev–Trinajstić information content (AvgIpc) is 2.74. The van der Waals surface area contributed by atoms with Crippen LogP contribution >= 0.6 is 0 Å². The zero-order chi connectivity index (χ0) is 15.5. The molecule has 1 aliphatic carbocycles. The summed E-state index contributed by atoms with van der Waals surface area (Å²) in [5.74, 6) is 1.45. The fourth-order valence-electron chi connectivity index (χ4n) is 4.00. The predicted octanol–water partition coefficient (Wildman–Crippen LogP) is 1.06. The lowest BCUT2D eigenvalue weighted by atomic mass is 9.69. The highest BCUT2D eigenvalue weighted by atomic mass is 16.5. The zero-order valence-corrected chi connectivity index (χ0v) is 12.9. The molecule has 1 aromatic carbocycles. The second-order valence-electron chi connectivity index (χ2n) is 6.45. The molecular weight excluding hydrogens is 280 g/mol. The lowest BCUT2D eigenvalue weighted by molar-refractivity contribution is -0.493. The maximum atomic E-state index is 9.99. The molecule has 22 heavy (non-hydrogen) atoms. The van der Waals surface area contributed by atoms with E-state index in [1.54, 1.807) is 7.11 Å². The molecule has 5 heteroatoms. The fraction of sp³-hybridized carbons (Fsp3) is 0.471. The molecular formula is C17H21N2O3+. The van der Waals surface area contributed by atoms with E-state index in [1.807, 2.05) is 12.1 Å². The van der Waals surface area contributed by atoms with Gasteiger partial charge < -0.3 is 20.3 Å². The minimum Gasteiger partial charge on any atom is -0.493 e. The van der Waals surface area contributed by atoms with E-state index in [2.05, 4.69) is 23.9 Å². The molecule has 2 aliphatic heterocycles. The standard InChI is InChI=1S/C17H20N2O3/c1-19-6-5-17-4-3-10(20)7-14(17)22-16-13(21-2)8-12(18)11(9-19)15(16)17/h3-4,8-10,14,18,20H,5-7H2,1-2H3/p+1/t10-,14-,17-/m1/s1. The van der Waals surface area contributed by atoms with E-state index in [0.29, 0.717) is 17.9 Å². The Morgan fingerprint density at radius 3 is 3.09 bits per heavy atom. The number of ether oxygens (including phenoxy) is 2. The van der Waals surface area contributed by atoms with Crippen molar-refractivity contribution in [1.29, 1.82) is 0 Å². The maximum absolute atomic E-state index is 9.99. The van der Waals surface area contributed by atoms with Crippen LogP contribution in [0.3, 0.4) is 0 Å². The number of rotatable bonds is 1. The molecule has 0 saturated carbocycles. The Balaban J connectivity index is 2.03. The molecule has 0 amide bonds. The zero-order valence-electron chi connectivity index (χ0n) is 12.9. The van der Waals surface area contributed by atoms with Gasteiger partial charge in [-0.05, 0) is 0 Å². The molecule has 0 aromatic heterocycles. The number of methoxy groups -OCH3 is 1. The van der Waals surface area contributed by atoms with Crippen molar-refractivity contribution in [2.24, 2.45) is 0 Å². The van der Waals surface area contributed by atoms with Gasteiger partial charge in [0.05, 0.1) is 24.2 Å². The largest absolute Gasteiger partial charge is 0.493 e. The molecule has 0 radical (unpaired) electrons. The molecule has 0 unspecified atom stereocenters. The normalized spacial score (nSPS) is 31.7. The van der Waals surface area contributed by atoms with Crippen LogP contribution in [0.4, 0.5) is 5.69 Å². The SMILES string of the molecule is COc1cc(N)c2c3c1O[C@@H]1C[C@H](O)C=C[C@]31CC[N+](C)=C2. The van der Waals surface area contributed by atoms with Crippen molar-refractivity contribution in [2.75, 3.05) is 26.4 Å². The van der Waals surface area contributed by atoms with Gasteiger partial charge in [0.25, 0.3) is 0 Å². The summed E-state index contributed by atoms with van der Waals surface area (Å²) in [4.78, 5) is 0. The third-order valence-corrected chi connectivity index (χ3v) is 5.14. The van der Waals surface area contributed by atoms with E-state index >= 15 is 0 Å². The first-order chi connectivity index (χ1) is 10.5. The monoisotopic (exact) mass is 301 g/mol. The van der Waals surface area contributed by atoms with Gasteiger partial charge in [0.15, 0.2) is 17.7 Å². The van der Waals surface area contributed by atoms with Crippen molar-refractivity contribution in [3.05, 3.63) is 29.3 Å². The van der Waals surface area contributed by atoms with Crippen molar-refractivity contribution in [1.82, 2.24) is 0 Å². The smallest absolute Gasteiger partial charge is 0.173 e. The van der Waals surface area contributed by atoms with Crippen LogP contribution in [0.25, 0.3) is 0 Å². The maximum Gasteiger partial charge on any atom is 0.173 e. The Hall–Kier alpha value is -2.01. The van der Waals surface area contributed by atoms with Crippen LogP contribution in [-0.2, 0) is 5.41 Å². The molecule has 1 aromatic rings.